The van der Waals surface area contributed by atoms with Crippen molar-refractivity contribution in [3.8, 4) is 0 Å². The van der Waals surface area contributed by atoms with Gasteiger partial charge in [0.05, 0.1) is 11.4 Å². The van der Waals surface area contributed by atoms with Crippen molar-refractivity contribution in [2.45, 2.75) is 38.6 Å². The molecule has 1 aliphatic carbocycles. The quantitative estimate of drug-likeness (QED) is 0.753. The van der Waals surface area contributed by atoms with Gasteiger partial charge in [0.25, 0.3) is 0 Å². The summed E-state index contributed by atoms with van der Waals surface area (Å²) in [6, 6.07) is 0. The van der Waals surface area contributed by atoms with Crippen molar-refractivity contribution >= 4 is 16.3 Å². The van der Waals surface area contributed by atoms with Crippen molar-refractivity contribution in [3.05, 3.63) is 22.0 Å². The third-order valence-corrected chi connectivity index (χ3v) is 4.87. The first-order valence-corrected chi connectivity index (χ1v) is 6.96. The molecule has 0 aromatic carbocycles. The van der Waals surface area contributed by atoms with Crippen LogP contribution < -0.4 is 5.32 Å². The molecule has 0 amide bonds. The lowest BCUT2D eigenvalue weighted by molar-refractivity contribution is 0.609. The fourth-order valence-corrected chi connectivity index (χ4v) is 4.18. The van der Waals surface area contributed by atoms with Crippen LogP contribution in [0.3, 0.4) is 0 Å². The Balaban J connectivity index is 2.01. The first-order chi connectivity index (χ1) is 7.93. The standard InChI is InChI=1S/C12H15N3S/c1-2-4-11-9(3-1)15-10-7-13-6-5-8(10)14-12(15)16-11/h13H,1-7H2. The van der Waals surface area contributed by atoms with Gasteiger partial charge in [0, 0.05) is 30.1 Å². The maximum atomic E-state index is 4.80. The van der Waals surface area contributed by atoms with Crippen LogP contribution >= 0.6 is 11.3 Å². The lowest BCUT2D eigenvalue weighted by Gasteiger charge is -2.15. The van der Waals surface area contributed by atoms with Crippen LogP contribution in [-0.4, -0.2) is 15.9 Å². The zero-order chi connectivity index (χ0) is 10.5. The number of nitrogens with one attached hydrogen (secondary N) is 1. The summed E-state index contributed by atoms with van der Waals surface area (Å²) in [4.78, 5) is 7.62. The van der Waals surface area contributed by atoms with E-state index in [2.05, 4.69) is 9.72 Å². The van der Waals surface area contributed by atoms with Gasteiger partial charge in [0.15, 0.2) is 4.96 Å². The van der Waals surface area contributed by atoms with Crippen LogP contribution in [0.25, 0.3) is 4.96 Å². The molecule has 0 atom stereocenters. The van der Waals surface area contributed by atoms with Gasteiger partial charge in [-0.2, -0.15) is 0 Å². The van der Waals surface area contributed by atoms with E-state index in [0.29, 0.717) is 0 Å². The minimum absolute atomic E-state index is 1.000. The molecule has 2 aromatic heterocycles. The van der Waals surface area contributed by atoms with Gasteiger partial charge in [-0.05, 0) is 25.7 Å². The predicted molar refractivity (Wildman–Crippen MR) is 65.1 cm³/mol. The van der Waals surface area contributed by atoms with Crippen LogP contribution in [0.4, 0.5) is 0 Å². The molecule has 84 valence electrons. The Labute approximate surface area is 98.5 Å². The van der Waals surface area contributed by atoms with Crippen LogP contribution in [0.5, 0.6) is 0 Å². The van der Waals surface area contributed by atoms with E-state index in [1.54, 1.807) is 10.6 Å². The first kappa shape index (κ1) is 9.19. The summed E-state index contributed by atoms with van der Waals surface area (Å²) in [5.41, 5.74) is 4.32. The van der Waals surface area contributed by atoms with E-state index in [1.807, 2.05) is 11.3 Å². The Morgan fingerprint density at radius 2 is 2.06 bits per heavy atom. The summed E-state index contributed by atoms with van der Waals surface area (Å²) in [5, 5.41) is 3.46. The Morgan fingerprint density at radius 3 is 3.06 bits per heavy atom. The lowest BCUT2D eigenvalue weighted by atomic mass is 10.0. The van der Waals surface area contributed by atoms with Gasteiger partial charge >= 0.3 is 0 Å². The van der Waals surface area contributed by atoms with Crippen LogP contribution in [0.1, 0.15) is 34.8 Å². The van der Waals surface area contributed by atoms with Crippen molar-refractivity contribution in [2.75, 3.05) is 6.54 Å². The summed E-state index contributed by atoms with van der Waals surface area (Å²) >= 11 is 1.92. The van der Waals surface area contributed by atoms with Gasteiger partial charge in [-0.3, -0.25) is 4.40 Å². The van der Waals surface area contributed by atoms with Gasteiger partial charge in [0.1, 0.15) is 0 Å². The SMILES string of the molecule is C1CCc2c(sc3nc4c(n23)CNCC4)C1. The van der Waals surface area contributed by atoms with Gasteiger partial charge < -0.3 is 5.32 Å². The van der Waals surface area contributed by atoms with Crippen LogP contribution in [0.15, 0.2) is 0 Å². The van der Waals surface area contributed by atoms with E-state index >= 15 is 0 Å². The molecule has 3 nitrogen and oxygen atoms in total. The van der Waals surface area contributed by atoms with Gasteiger partial charge in [-0.15, -0.1) is 11.3 Å². The number of fused-ring (bicyclic) bond motifs is 5. The second-order valence-corrected chi connectivity index (χ2v) is 5.79. The summed E-state index contributed by atoms with van der Waals surface area (Å²) in [6.45, 7) is 2.08. The number of imidazole rings is 1. The number of hydrogen-bond donors (Lipinski definition) is 1. The highest BCUT2D eigenvalue weighted by atomic mass is 32.1. The van der Waals surface area contributed by atoms with Crippen LogP contribution in [0.2, 0.25) is 0 Å². The highest BCUT2D eigenvalue weighted by molar-refractivity contribution is 7.17. The molecule has 2 aliphatic rings. The van der Waals surface area contributed by atoms with Crippen molar-refractivity contribution in [3.63, 3.8) is 0 Å². The van der Waals surface area contributed by atoms with Crippen molar-refractivity contribution in [1.29, 1.82) is 0 Å². The molecule has 0 unspecified atom stereocenters. The molecule has 0 spiro atoms. The highest BCUT2D eigenvalue weighted by Crippen LogP contribution is 2.32. The summed E-state index contributed by atoms with van der Waals surface area (Å²) in [5.74, 6) is 0. The van der Waals surface area contributed by atoms with Crippen LogP contribution in [-0.2, 0) is 25.8 Å². The lowest BCUT2D eigenvalue weighted by Crippen LogP contribution is -2.24. The number of rotatable bonds is 0. The van der Waals surface area contributed by atoms with Gasteiger partial charge in [0.2, 0.25) is 0 Å². The van der Waals surface area contributed by atoms with E-state index in [-0.39, 0.29) is 0 Å². The van der Waals surface area contributed by atoms with E-state index < -0.39 is 0 Å². The largest absolute Gasteiger partial charge is 0.311 e. The van der Waals surface area contributed by atoms with E-state index in [9.17, 15) is 0 Å². The Hall–Kier alpha value is -0.870. The second kappa shape index (κ2) is 3.31. The van der Waals surface area contributed by atoms with Crippen molar-refractivity contribution < 1.29 is 0 Å². The molecule has 4 rings (SSSR count). The molecule has 4 heteroatoms. The molecule has 0 saturated heterocycles. The van der Waals surface area contributed by atoms with Crippen molar-refractivity contribution in [1.82, 2.24) is 14.7 Å². The Kier molecular flexibility index (Phi) is 1.90. The Morgan fingerprint density at radius 1 is 1.12 bits per heavy atom. The zero-order valence-corrected chi connectivity index (χ0v) is 10.1. The number of thiazole rings is 1. The molecular formula is C12H15N3S. The minimum atomic E-state index is 1.000. The molecule has 0 radical (unpaired) electrons. The second-order valence-electron chi connectivity index (χ2n) is 4.73. The molecule has 1 aliphatic heterocycles. The third-order valence-electron chi connectivity index (χ3n) is 3.73. The average Bonchev–Trinajstić information content (AvgIpc) is 2.83. The first-order valence-electron chi connectivity index (χ1n) is 6.15. The number of hydrogen-bond acceptors (Lipinski definition) is 3. The summed E-state index contributed by atoms with van der Waals surface area (Å²) in [6.07, 6.45) is 6.32. The fourth-order valence-electron chi connectivity index (χ4n) is 2.93. The van der Waals surface area contributed by atoms with Gasteiger partial charge in [-0.25, -0.2) is 4.98 Å². The molecule has 2 aromatic rings. The molecule has 16 heavy (non-hydrogen) atoms. The number of nitrogens with zero attached hydrogens (tertiary/aromatic N) is 2. The van der Waals surface area contributed by atoms with E-state index in [4.69, 9.17) is 4.98 Å². The van der Waals surface area contributed by atoms with Crippen LogP contribution in [0, 0.1) is 0 Å². The monoisotopic (exact) mass is 233 g/mol. The smallest absolute Gasteiger partial charge is 0.194 e. The zero-order valence-electron chi connectivity index (χ0n) is 9.25. The predicted octanol–water partition coefficient (Wildman–Crippen LogP) is 1.92. The maximum absolute atomic E-state index is 4.80. The maximum Gasteiger partial charge on any atom is 0.194 e. The molecule has 3 heterocycles. The molecule has 0 saturated carbocycles. The number of aryl methyl sites for hydroxylation is 2. The third kappa shape index (κ3) is 1.14. The molecule has 0 bridgehead atoms. The number of aromatic nitrogens is 2. The molecular weight excluding hydrogens is 218 g/mol. The van der Waals surface area contributed by atoms with Gasteiger partial charge in [-0.1, -0.05) is 0 Å². The highest BCUT2D eigenvalue weighted by Gasteiger charge is 2.23. The molecule has 1 N–H and O–H groups in total. The van der Waals surface area contributed by atoms with E-state index in [1.165, 1.54) is 42.0 Å². The van der Waals surface area contributed by atoms with E-state index in [0.717, 1.165) is 19.5 Å². The average molecular weight is 233 g/mol. The van der Waals surface area contributed by atoms with Crippen molar-refractivity contribution in [2.24, 2.45) is 0 Å². The molecule has 0 fully saturated rings. The Bertz CT molecular complexity index is 507. The normalized spacial score (nSPS) is 19.8. The topological polar surface area (TPSA) is 29.3 Å². The summed E-state index contributed by atoms with van der Waals surface area (Å²) in [7, 11) is 0. The minimum Gasteiger partial charge on any atom is -0.311 e. The summed E-state index contributed by atoms with van der Waals surface area (Å²) < 4.78 is 2.45. The fraction of sp³-hybridized carbons (Fsp3) is 0.583.